The molecule has 0 radical (unpaired) electrons. The van der Waals surface area contributed by atoms with Gasteiger partial charge in [0.25, 0.3) is 0 Å². The van der Waals surface area contributed by atoms with Crippen molar-refractivity contribution in [1.29, 1.82) is 0 Å². The molecule has 1 unspecified atom stereocenters. The third-order valence-corrected chi connectivity index (χ3v) is 4.23. The Hall–Kier alpha value is -1.00. The lowest BCUT2D eigenvalue weighted by atomic mass is 10.00. The smallest absolute Gasteiger partial charge is 0.160 e. The van der Waals surface area contributed by atoms with Gasteiger partial charge in [0.2, 0.25) is 0 Å². The van der Waals surface area contributed by atoms with Crippen molar-refractivity contribution in [3.8, 4) is 0 Å². The zero-order chi connectivity index (χ0) is 15.9. The van der Waals surface area contributed by atoms with Crippen molar-refractivity contribution >= 4 is 0 Å². The van der Waals surface area contributed by atoms with E-state index in [0.717, 1.165) is 49.6 Å². The van der Waals surface area contributed by atoms with E-state index in [0.29, 0.717) is 0 Å². The molecule has 1 aromatic heterocycles. The first-order valence-electron chi connectivity index (χ1n) is 8.09. The Morgan fingerprint density at radius 2 is 1.71 bits per heavy atom. The van der Waals surface area contributed by atoms with E-state index in [1.807, 2.05) is 0 Å². The number of aryl methyl sites for hydroxylation is 2. The van der Waals surface area contributed by atoms with Crippen LogP contribution in [0.5, 0.6) is 0 Å². The molecule has 1 N–H and O–H groups in total. The first kappa shape index (κ1) is 18.1. The van der Waals surface area contributed by atoms with Gasteiger partial charge >= 0.3 is 0 Å². The number of methoxy groups -OCH3 is 1. The van der Waals surface area contributed by atoms with E-state index in [-0.39, 0.29) is 0 Å². The van der Waals surface area contributed by atoms with Crippen LogP contribution >= 0.6 is 0 Å². The van der Waals surface area contributed by atoms with Gasteiger partial charge in [-0.2, -0.15) is 0 Å². The Labute approximate surface area is 129 Å². The summed E-state index contributed by atoms with van der Waals surface area (Å²) in [6.07, 6.45) is 4.20. The zero-order valence-corrected chi connectivity index (χ0v) is 14.5. The number of nitrogens with zero attached hydrogens (tertiary/aromatic N) is 2. The molecule has 21 heavy (non-hydrogen) atoms. The van der Waals surface area contributed by atoms with E-state index in [1.165, 1.54) is 12.0 Å². The molecule has 0 aliphatic heterocycles. The van der Waals surface area contributed by atoms with Crippen molar-refractivity contribution in [3.63, 3.8) is 0 Å². The first-order chi connectivity index (χ1) is 9.98. The van der Waals surface area contributed by atoms with Crippen LogP contribution in [0.25, 0.3) is 0 Å². The lowest BCUT2D eigenvalue weighted by Crippen LogP contribution is -2.27. The Balaban J connectivity index is 2.80. The second-order valence-corrected chi connectivity index (χ2v) is 5.84. The summed E-state index contributed by atoms with van der Waals surface area (Å²) in [6.45, 7) is 12.7. The van der Waals surface area contributed by atoms with Crippen LogP contribution < -0.4 is 5.32 Å². The highest BCUT2D eigenvalue weighted by molar-refractivity contribution is 5.25. The van der Waals surface area contributed by atoms with Crippen LogP contribution in [0.2, 0.25) is 0 Å². The molecule has 0 bridgehead atoms. The summed E-state index contributed by atoms with van der Waals surface area (Å²) in [5.41, 5.74) is 3.07. The van der Waals surface area contributed by atoms with Gasteiger partial charge in [0.05, 0.1) is 0 Å². The molecule has 0 saturated heterocycles. The minimum Gasteiger partial charge on any atom is -0.371 e. The molecule has 1 heterocycles. The summed E-state index contributed by atoms with van der Waals surface area (Å²) in [4.78, 5) is 9.41. The van der Waals surface area contributed by atoms with Gasteiger partial charge in [-0.1, -0.05) is 13.8 Å². The minimum absolute atomic E-state index is 0.392. The van der Waals surface area contributed by atoms with E-state index in [1.54, 1.807) is 7.11 Å². The van der Waals surface area contributed by atoms with E-state index in [9.17, 15) is 0 Å². The Morgan fingerprint density at radius 3 is 2.19 bits per heavy atom. The van der Waals surface area contributed by atoms with Crippen LogP contribution in [0.15, 0.2) is 0 Å². The van der Waals surface area contributed by atoms with E-state index >= 15 is 0 Å². The second kappa shape index (κ2) is 8.44. The summed E-state index contributed by atoms with van der Waals surface area (Å²) >= 11 is 0. The number of ether oxygens (including phenoxy) is 1. The fraction of sp³-hybridized carbons (Fsp3) is 0.765. The average Bonchev–Trinajstić information content (AvgIpc) is 2.48. The number of rotatable bonds is 9. The predicted molar refractivity (Wildman–Crippen MR) is 87.6 cm³/mol. The fourth-order valence-electron chi connectivity index (χ4n) is 2.42. The molecule has 4 nitrogen and oxygen atoms in total. The first-order valence-corrected chi connectivity index (χ1v) is 8.09. The van der Waals surface area contributed by atoms with Gasteiger partial charge in [0, 0.05) is 18.5 Å². The molecule has 0 aromatic carbocycles. The van der Waals surface area contributed by atoms with Crippen molar-refractivity contribution < 1.29 is 4.74 Å². The minimum atomic E-state index is -0.392. The predicted octanol–water partition coefficient (Wildman–Crippen LogP) is 3.30. The Kier molecular flexibility index (Phi) is 7.26. The highest BCUT2D eigenvalue weighted by Gasteiger charge is 2.28. The van der Waals surface area contributed by atoms with Crippen LogP contribution in [0.3, 0.4) is 0 Å². The third-order valence-electron chi connectivity index (χ3n) is 4.23. The molecule has 0 aliphatic carbocycles. The SMILES string of the molecule is CCCNCCCc1c(C)nc(C(C)(CC)OC)nc1C. The molecule has 0 amide bonds. The Bertz CT molecular complexity index is 419. The summed E-state index contributed by atoms with van der Waals surface area (Å²) < 4.78 is 5.61. The maximum absolute atomic E-state index is 5.61. The number of aromatic nitrogens is 2. The molecular formula is C17H31N3O. The molecule has 1 atom stereocenters. The largest absolute Gasteiger partial charge is 0.371 e. The summed E-state index contributed by atoms with van der Waals surface area (Å²) in [5.74, 6) is 0.801. The molecule has 0 aliphatic rings. The lowest BCUT2D eigenvalue weighted by Gasteiger charge is -2.26. The number of nitrogens with one attached hydrogen (secondary N) is 1. The van der Waals surface area contributed by atoms with E-state index < -0.39 is 5.60 Å². The highest BCUT2D eigenvalue weighted by Crippen LogP contribution is 2.26. The summed E-state index contributed by atoms with van der Waals surface area (Å²) in [7, 11) is 1.73. The molecule has 1 rings (SSSR count). The van der Waals surface area contributed by atoms with Crippen molar-refractivity contribution in [1.82, 2.24) is 15.3 Å². The normalized spacial score (nSPS) is 14.2. The van der Waals surface area contributed by atoms with Gasteiger partial charge in [-0.3, -0.25) is 0 Å². The van der Waals surface area contributed by atoms with Gasteiger partial charge in [-0.15, -0.1) is 0 Å². The lowest BCUT2D eigenvalue weighted by molar-refractivity contribution is -0.00928. The molecular weight excluding hydrogens is 262 g/mol. The van der Waals surface area contributed by atoms with Crippen molar-refractivity contribution in [2.24, 2.45) is 0 Å². The van der Waals surface area contributed by atoms with Crippen molar-refractivity contribution in [2.45, 2.75) is 65.9 Å². The highest BCUT2D eigenvalue weighted by atomic mass is 16.5. The molecule has 0 spiro atoms. The molecule has 1 aromatic rings. The maximum Gasteiger partial charge on any atom is 0.160 e. The fourth-order valence-corrected chi connectivity index (χ4v) is 2.42. The van der Waals surface area contributed by atoms with Gasteiger partial charge in [0.1, 0.15) is 5.60 Å². The zero-order valence-electron chi connectivity index (χ0n) is 14.5. The standard InChI is InChI=1S/C17H31N3O/c1-7-11-18-12-9-10-15-13(3)19-16(20-14(15)4)17(5,8-2)21-6/h18H,7-12H2,1-6H3. The quantitative estimate of drug-likeness (QED) is 0.710. The molecule has 4 heteroatoms. The molecule has 120 valence electrons. The maximum atomic E-state index is 5.61. The Morgan fingerprint density at radius 1 is 1.10 bits per heavy atom. The van der Waals surface area contributed by atoms with Crippen molar-refractivity contribution in [3.05, 3.63) is 22.8 Å². The van der Waals surface area contributed by atoms with Crippen LogP contribution in [-0.2, 0) is 16.8 Å². The van der Waals surface area contributed by atoms with Gasteiger partial charge < -0.3 is 10.1 Å². The van der Waals surface area contributed by atoms with Crippen LogP contribution in [0, 0.1) is 13.8 Å². The monoisotopic (exact) mass is 293 g/mol. The second-order valence-electron chi connectivity index (χ2n) is 5.84. The van der Waals surface area contributed by atoms with E-state index in [2.05, 4.69) is 39.9 Å². The summed E-state index contributed by atoms with van der Waals surface area (Å²) in [6, 6.07) is 0. The third kappa shape index (κ3) is 4.75. The van der Waals surface area contributed by atoms with Gasteiger partial charge in [-0.25, -0.2) is 9.97 Å². The van der Waals surface area contributed by atoms with Crippen molar-refractivity contribution in [2.75, 3.05) is 20.2 Å². The van der Waals surface area contributed by atoms with Gasteiger partial charge in [-0.05, 0) is 65.1 Å². The van der Waals surface area contributed by atoms with Crippen LogP contribution in [0.1, 0.15) is 62.8 Å². The van der Waals surface area contributed by atoms with E-state index in [4.69, 9.17) is 14.7 Å². The molecule has 0 saturated carbocycles. The summed E-state index contributed by atoms with van der Waals surface area (Å²) in [5, 5.41) is 3.44. The molecule has 0 fully saturated rings. The number of hydrogen-bond acceptors (Lipinski definition) is 4. The topological polar surface area (TPSA) is 47.0 Å². The number of hydrogen-bond donors (Lipinski definition) is 1. The average molecular weight is 293 g/mol. The van der Waals surface area contributed by atoms with Crippen LogP contribution in [-0.4, -0.2) is 30.2 Å². The van der Waals surface area contributed by atoms with Crippen LogP contribution in [0.4, 0.5) is 0 Å². The van der Waals surface area contributed by atoms with Gasteiger partial charge in [0.15, 0.2) is 5.82 Å².